The summed E-state index contributed by atoms with van der Waals surface area (Å²) in [5.41, 5.74) is 2.04. The highest BCUT2D eigenvalue weighted by molar-refractivity contribution is 5.41. The SMILES string of the molecule is CCOCC(C)OC1Cc2ccc(OC)cc2C1O. The second-order valence-electron chi connectivity index (χ2n) is 4.86. The minimum Gasteiger partial charge on any atom is -0.497 e. The molecule has 1 aliphatic carbocycles. The van der Waals surface area contributed by atoms with Gasteiger partial charge in [0.05, 0.1) is 25.9 Å². The van der Waals surface area contributed by atoms with Crippen molar-refractivity contribution in [2.45, 2.75) is 38.6 Å². The van der Waals surface area contributed by atoms with Crippen LogP contribution < -0.4 is 4.74 Å². The van der Waals surface area contributed by atoms with Gasteiger partial charge in [-0.25, -0.2) is 0 Å². The number of ether oxygens (including phenoxy) is 3. The normalized spacial score (nSPS) is 23.2. The maximum atomic E-state index is 10.3. The van der Waals surface area contributed by atoms with E-state index in [4.69, 9.17) is 14.2 Å². The molecule has 0 aliphatic heterocycles. The van der Waals surface area contributed by atoms with E-state index in [1.54, 1.807) is 7.11 Å². The van der Waals surface area contributed by atoms with E-state index in [9.17, 15) is 5.11 Å². The summed E-state index contributed by atoms with van der Waals surface area (Å²) in [7, 11) is 1.63. The van der Waals surface area contributed by atoms with E-state index < -0.39 is 6.10 Å². The molecule has 106 valence electrons. The molecule has 0 aromatic heterocycles. The van der Waals surface area contributed by atoms with Crippen molar-refractivity contribution in [2.24, 2.45) is 0 Å². The number of benzene rings is 1. The standard InChI is InChI=1S/C15H22O4/c1-4-18-9-10(2)19-14-7-11-5-6-12(17-3)8-13(11)15(14)16/h5-6,8,10,14-16H,4,7,9H2,1-3H3. The molecule has 0 bridgehead atoms. The minimum atomic E-state index is -0.589. The molecule has 4 heteroatoms. The number of aliphatic hydroxyl groups excluding tert-OH is 1. The Balaban J connectivity index is 2.00. The molecule has 3 unspecified atom stereocenters. The molecule has 0 saturated heterocycles. The monoisotopic (exact) mass is 266 g/mol. The van der Waals surface area contributed by atoms with Gasteiger partial charge in [0.25, 0.3) is 0 Å². The van der Waals surface area contributed by atoms with Gasteiger partial charge in [0.15, 0.2) is 0 Å². The Morgan fingerprint density at radius 2 is 2.21 bits per heavy atom. The van der Waals surface area contributed by atoms with Gasteiger partial charge in [-0.2, -0.15) is 0 Å². The molecule has 1 aromatic rings. The maximum Gasteiger partial charge on any atom is 0.119 e. The van der Waals surface area contributed by atoms with Crippen molar-refractivity contribution in [3.8, 4) is 5.75 Å². The van der Waals surface area contributed by atoms with Crippen molar-refractivity contribution in [2.75, 3.05) is 20.3 Å². The molecule has 0 radical (unpaired) electrons. The first kappa shape index (κ1) is 14.3. The molecule has 4 nitrogen and oxygen atoms in total. The van der Waals surface area contributed by atoms with Crippen LogP contribution in [-0.2, 0) is 15.9 Å². The van der Waals surface area contributed by atoms with Crippen LogP contribution >= 0.6 is 0 Å². The Hall–Kier alpha value is -1.10. The van der Waals surface area contributed by atoms with Gasteiger partial charge in [-0.05, 0) is 37.1 Å². The summed E-state index contributed by atoms with van der Waals surface area (Å²) in [4.78, 5) is 0. The second-order valence-corrected chi connectivity index (χ2v) is 4.86. The lowest BCUT2D eigenvalue weighted by Gasteiger charge is -2.21. The Morgan fingerprint density at radius 3 is 2.89 bits per heavy atom. The zero-order valence-corrected chi connectivity index (χ0v) is 11.8. The topological polar surface area (TPSA) is 47.9 Å². The predicted molar refractivity (Wildman–Crippen MR) is 72.5 cm³/mol. The number of fused-ring (bicyclic) bond motifs is 1. The molecular weight excluding hydrogens is 244 g/mol. The van der Waals surface area contributed by atoms with Crippen molar-refractivity contribution < 1.29 is 19.3 Å². The van der Waals surface area contributed by atoms with Crippen LogP contribution in [0.15, 0.2) is 18.2 Å². The number of hydrogen-bond donors (Lipinski definition) is 1. The third-order valence-electron chi connectivity index (χ3n) is 3.41. The Kier molecular flexibility index (Phi) is 4.80. The highest BCUT2D eigenvalue weighted by atomic mass is 16.5. The summed E-state index contributed by atoms with van der Waals surface area (Å²) < 4.78 is 16.4. The smallest absolute Gasteiger partial charge is 0.119 e. The Bertz CT molecular complexity index is 419. The van der Waals surface area contributed by atoms with E-state index in [2.05, 4.69) is 0 Å². The molecule has 1 aliphatic rings. The van der Waals surface area contributed by atoms with Crippen LogP contribution in [0.2, 0.25) is 0 Å². The lowest BCUT2D eigenvalue weighted by molar-refractivity contribution is -0.0872. The maximum absolute atomic E-state index is 10.3. The average molecular weight is 266 g/mol. The number of aliphatic hydroxyl groups is 1. The second kappa shape index (κ2) is 6.37. The fourth-order valence-corrected chi connectivity index (χ4v) is 2.43. The number of rotatable bonds is 6. The molecule has 19 heavy (non-hydrogen) atoms. The molecule has 0 spiro atoms. The van der Waals surface area contributed by atoms with Gasteiger partial charge in [-0.15, -0.1) is 0 Å². The summed E-state index contributed by atoms with van der Waals surface area (Å²) in [6, 6.07) is 5.79. The van der Waals surface area contributed by atoms with E-state index in [1.807, 2.05) is 32.0 Å². The molecule has 2 rings (SSSR count). The third-order valence-corrected chi connectivity index (χ3v) is 3.41. The molecule has 0 saturated carbocycles. The fourth-order valence-electron chi connectivity index (χ4n) is 2.43. The fraction of sp³-hybridized carbons (Fsp3) is 0.600. The van der Waals surface area contributed by atoms with Crippen molar-refractivity contribution in [1.29, 1.82) is 0 Å². The van der Waals surface area contributed by atoms with Crippen LogP contribution in [0, 0.1) is 0 Å². The summed E-state index contributed by atoms with van der Waals surface area (Å²) in [6.07, 6.45) is -0.0701. The summed E-state index contributed by atoms with van der Waals surface area (Å²) in [6.45, 7) is 5.16. The Morgan fingerprint density at radius 1 is 1.42 bits per heavy atom. The zero-order valence-electron chi connectivity index (χ0n) is 11.8. The first-order valence-corrected chi connectivity index (χ1v) is 6.73. The van der Waals surface area contributed by atoms with Crippen molar-refractivity contribution >= 4 is 0 Å². The number of hydrogen-bond acceptors (Lipinski definition) is 4. The molecule has 0 heterocycles. The van der Waals surface area contributed by atoms with Crippen LogP contribution in [0.4, 0.5) is 0 Å². The molecule has 0 amide bonds. The molecular formula is C15H22O4. The molecule has 3 atom stereocenters. The van der Waals surface area contributed by atoms with Gasteiger partial charge < -0.3 is 19.3 Å². The molecule has 0 fully saturated rings. The van der Waals surface area contributed by atoms with Gasteiger partial charge in [0.2, 0.25) is 0 Å². The van der Waals surface area contributed by atoms with E-state index in [-0.39, 0.29) is 12.2 Å². The summed E-state index contributed by atoms with van der Waals surface area (Å²) >= 11 is 0. The Labute approximate surface area is 114 Å². The lowest BCUT2D eigenvalue weighted by atomic mass is 10.1. The van der Waals surface area contributed by atoms with E-state index in [0.717, 1.165) is 23.3 Å². The van der Waals surface area contributed by atoms with Crippen molar-refractivity contribution in [3.05, 3.63) is 29.3 Å². The third kappa shape index (κ3) is 3.26. The van der Waals surface area contributed by atoms with Crippen LogP contribution in [0.5, 0.6) is 5.75 Å². The van der Waals surface area contributed by atoms with E-state index >= 15 is 0 Å². The number of methoxy groups -OCH3 is 1. The molecule has 1 N–H and O–H groups in total. The van der Waals surface area contributed by atoms with E-state index in [1.165, 1.54) is 0 Å². The van der Waals surface area contributed by atoms with Gasteiger partial charge in [0, 0.05) is 13.0 Å². The predicted octanol–water partition coefficient (Wildman–Crippen LogP) is 2.09. The van der Waals surface area contributed by atoms with Gasteiger partial charge in [-0.3, -0.25) is 0 Å². The van der Waals surface area contributed by atoms with Crippen molar-refractivity contribution in [1.82, 2.24) is 0 Å². The van der Waals surface area contributed by atoms with Crippen molar-refractivity contribution in [3.63, 3.8) is 0 Å². The first-order chi connectivity index (χ1) is 9.15. The highest BCUT2D eigenvalue weighted by Crippen LogP contribution is 2.36. The van der Waals surface area contributed by atoms with Crippen LogP contribution in [0.3, 0.4) is 0 Å². The van der Waals surface area contributed by atoms with Crippen LogP contribution in [-0.4, -0.2) is 37.6 Å². The van der Waals surface area contributed by atoms with Gasteiger partial charge in [-0.1, -0.05) is 6.07 Å². The van der Waals surface area contributed by atoms with Gasteiger partial charge >= 0.3 is 0 Å². The first-order valence-electron chi connectivity index (χ1n) is 6.73. The van der Waals surface area contributed by atoms with E-state index in [0.29, 0.717) is 13.2 Å². The largest absolute Gasteiger partial charge is 0.497 e. The molecule has 1 aromatic carbocycles. The van der Waals surface area contributed by atoms with Crippen LogP contribution in [0.1, 0.15) is 31.1 Å². The quantitative estimate of drug-likeness (QED) is 0.856. The summed E-state index contributed by atoms with van der Waals surface area (Å²) in [5.74, 6) is 0.765. The highest BCUT2D eigenvalue weighted by Gasteiger charge is 2.33. The van der Waals surface area contributed by atoms with Crippen LogP contribution in [0.25, 0.3) is 0 Å². The summed E-state index contributed by atoms with van der Waals surface area (Å²) in [5, 5.41) is 10.3. The van der Waals surface area contributed by atoms with Gasteiger partial charge in [0.1, 0.15) is 11.9 Å². The zero-order chi connectivity index (χ0) is 13.8. The average Bonchev–Trinajstić information content (AvgIpc) is 2.72. The lowest BCUT2D eigenvalue weighted by Crippen LogP contribution is -2.27. The minimum absolute atomic E-state index is 0.0178.